The Balaban J connectivity index is 1.82. The number of fused-ring (bicyclic) bond motifs is 1. The van der Waals surface area contributed by atoms with Crippen LogP contribution < -0.4 is 9.45 Å². The Kier molecular flexibility index (Phi) is 3.75. The average molecular weight is 287 g/mol. The third-order valence-electron chi connectivity index (χ3n) is 3.92. The number of Topliss-reactive ketones (excluding diaryl/α,β-unsaturated/α-hetero) is 1. The molecule has 1 aromatic heterocycles. The summed E-state index contributed by atoms with van der Waals surface area (Å²) < 4.78 is 3.92. The maximum Gasteiger partial charge on any atom is 0.253 e. The molecule has 0 bridgehead atoms. The monoisotopic (exact) mass is 287 g/mol. The second kappa shape index (κ2) is 5.69. The molecule has 0 unspecified atom stereocenters. The first kappa shape index (κ1) is 13.8. The van der Waals surface area contributed by atoms with E-state index < -0.39 is 0 Å². The van der Waals surface area contributed by atoms with Crippen molar-refractivity contribution in [1.29, 1.82) is 0 Å². The number of carbonyl (C=O) groups is 1. The SMILES string of the molecule is Cc1n(CC(=O)c2ccc3c(c2)OOCCC3)cc[n+]1C. The molecule has 5 nitrogen and oxygen atoms in total. The van der Waals surface area contributed by atoms with E-state index in [0.717, 1.165) is 24.2 Å². The Bertz CT molecular complexity index is 676. The van der Waals surface area contributed by atoms with Crippen LogP contribution in [0.15, 0.2) is 30.6 Å². The Morgan fingerprint density at radius 3 is 3.05 bits per heavy atom. The van der Waals surface area contributed by atoms with Gasteiger partial charge in [-0.2, -0.15) is 4.89 Å². The Morgan fingerprint density at radius 1 is 1.43 bits per heavy atom. The maximum absolute atomic E-state index is 12.4. The van der Waals surface area contributed by atoms with Crippen molar-refractivity contribution in [3.63, 3.8) is 0 Å². The summed E-state index contributed by atoms with van der Waals surface area (Å²) in [6.07, 6.45) is 5.70. The molecule has 2 aromatic rings. The van der Waals surface area contributed by atoms with Crippen molar-refractivity contribution in [2.75, 3.05) is 6.61 Å². The standard InChI is InChI=1S/C16H19N2O3/c1-12-17(2)7-8-18(12)11-15(19)14-6-5-13-4-3-9-20-21-16(13)10-14/h5-8,10H,3-4,9,11H2,1-2H3/q+1. The molecular formula is C16H19N2O3+. The van der Waals surface area contributed by atoms with Crippen molar-refractivity contribution in [3.05, 3.63) is 47.5 Å². The summed E-state index contributed by atoms with van der Waals surface area (Å²) in [6, 6.07) is 5.61. The van der Waals surface area contributed by atoms with Gasteiger partial charge in [-0.05, 0) is 24.5 Å². The molecule has 5 heteroatoms. The van der Waals surface area contributed by atoms with Gasteiger partial charge in [-0.25, -0.2) is 9.13 Å². The van der Waals surface area contributed by atoms with Crippen molar-refractivity contribution in [3.8, 4) is 5.75 Å². The highest BCUT2D eigenvalue weighted by Crippen LogP contribution is 2.25. The van der Waals surface area contributed by atoms with Crippen molar-refractivity contribution in [2.45, 2.75) is 26.3 Å². The molecule has 0 atom stereocenters. The van der Waals surface area contributed by atoms with E-state index in [1.807, 2.05) is 47.6 Å². The lowest BCUT2D eigenvalue weighted by atomic mass is 10.0. The van der Waals surface area contributed by atoms with Crippen LogP contribution in [-0.4, -0.2) is 17.0 Å². The Labute approximate surface area is 123 Å². The molecule has 0 fully saturated rings. The van der Waals surface area contributed by atoms with E-state index in [1.165, 1.54) is 0 Å². The molecule has 1 aliphatic rings. The fourth-order valence-corrected chi connectivity index (χ4v) is 2.45. The zero-order valence-corrected chi connectivity index (χ0v) is 12.3. The van der Waals surface area contributed by atoms with Crippen molar-refractivity contribution in [1.82, 2.24) is 4.57 Å². The van der Waals surface area contributed by atoms with Crippen LogP contribution in [0.1, 0.15) is 28.2 Å². The van der Waals surface area contributed by atoms with Gasteiger partial charge in [0.15, 0.2) is 12.3 Å². The molecule has 1 aromatic carbocycles. The van der Waals surface area contributed by atoms with Crippen LogP contribution in [0.3, 0.4) is 0 Å². The maximum atomic E-state index is 12.4. The lowest BCUT2D eigenvalue weighted by Gasteiger charge is -2.07. The van der Waals surface area contributed by atoms with Gasteiger partial charge in [0.2, 0.25) is 5.78 Å². The minimum atomic E-state index is 0.0601. The zero-order valence-electron chi connectivity index (χ0n) is 12.3. The predicted molar refractivity (Wildman–Crippen MR) is 76.0 cm³/mol. The van der Waals surface area contributed by atoms with Crippen molar-refractivity contribution >= 4 is 5.78 Å². The summed E-state index contributed by atoms with van der Waals surface area (Å²) in [7, 11) is 1.96. The van der Waals surface area contributed by atoms with Crippen LogP contribution in [0, 0.1) is 6.92 Å². The third kappa shape index (κ3) is 2.83. The number of aryl methyl sites for hydroxylation is 2. The normalized spacial score (nSPS) is 14.2. The Morgan fingerprint density at radius 2 is 2.29 bits per heavy atom. The molecule has 0 N–H and O–H groups in total. The van der Waals surface area contributed by atoms with Crippen LogP contribution >= 0.6 is 0 Å². The van der Waals surface area contributed by atoms with E-state index in [9.17, 15) is 4.79 Å². The van der Waals surface area contributed by atoms with Crippen LogP contribution in [0.2, 0.25) is 0 Å². The molecular weight excluding hydrogens is 268 g/mol. The van der Waals surface area contributed by atoms with Crippen molar-refractivity contribution < 1.29 is 19.1 Å². The first-order chi connectivity index (χ1) is 10.1. The summed E-state index contributed by atoms with van der Waals surface area (Å²) in [5, 5.41) is 0. The highest BCUT2D eigenvalue weighted by atomic mass is 17.2. The second-order valence-electron chi connectivity index (χ2n) is 5.34. The summed E-state index contributed by atoms with van der Waals surface area (Å²) in [4.78, 5) is 22.8. The molecule has 0 radical (unpaired) electrons. The highest BCUT2D eigenvalue weighted by molar-refractivity contribution is 5.96. The van der Waals surface area contributed by atoms with E-state index in [2.05, 4.69) is 0 Å². The molecule has 3 rings (SSSR count). The summed E-state index contributed by atoms with van der Waals surface area (Å²) in [6.45, 7) is 2.89. The van der Waals surface area contributed by atoms with E-state index in [1.54, 1.807) is 6.07 Å². The van der Waals surface area contributed by atoms with Gasteiger partial charge in [0, 0.05) is 12.5 Å². The first-order valence-electron chi connectivity index (χ1n) is 7.12. The van der Waals surface area contributed by atoms with Crippen LogP contribution in [-0.2, 0) is 24.9 Å². The molecule has 1 aliphatic heterocycles. The molecule has 0 saturated carbocycles. The van der Waals surface area contributed by atoms with Gasteiger partial charge >= 0.3 is 0 Å². The smallest absolute Gasteiger partial charge is 0.253 e. The lowest BCUT2D eigenvalue weighted by molar-refractivity contribution is -0.677. The van der Waals surface area contributed by atoms with Crippen LogP contribution in [0.25, 0.3) is 0 Å². The zero-order chi connectivity index (χ0) is 14.8. The summed E-state index contributed by atoms with van der Waals surface area (Å²) in [5.41, 5.74) is 1.74. The van der Waals surface area contributed by atoms with Gasteiger partial charge < -0.3 is 4.89 Å². The second-order valence-corrected chi connectivity index (χ2v) is 5.34. The van der Waals surface area contributed by atoms with Gasteiger partial charge in [-0.1, -0.05) is 12.1 Å². The molecule has 0 aliphatic carbocycles. The number of imidazole rings is 1. The molecule has 0 saturated heterocycles. The number of hydrogen-bond acceptors (Lipinski definition) is 3. The quantitative estimate of drug-likeness (QED) is 0.491. The predicted octanol–water partition coefficient (Wildman–Crippen LogP) is 1.76. The number of aromatic nitrogens is 2. The van der Waals surface area contributed by atoms with Gasteiger partial charge in [0.25, 0.3) is 5.82 Å². The molecule has 2 heterocycles. The van der Waals surface area contributed by atoms with E-state index in [0.29, 0.717) is 24.5 Å². The number of benzene rings is 1. The van der Waals surface area contributed by atoms with Gasteiger partial charge in [0.05, 0.1) is 13.7 Å². The molecule has 0 spiro atoms. The van der Waals surface area contributed by atoms with Gasteiger partial charge in [0.1, 0.15) is 12.4 Å². The third-order valence-corrected chi connectivity index (χ3v) is 3.92. The molecule has 0 amide bonds. The number of nitrogens with zero attached hydrogens (tertiary/aromatic N) is 2. The number of hydrogen-bond donors (Lipinski definition) is 0. The largest absolute Gasteiger partial charge is 0.337 e. The number of ketones is 1. The van der Waals surface area contributed by atoms with Crippen molar-refractivity contribution in [2.24, 2.45) is 7.05 Å². The van der Waals surface area contributed by atoms with Gasteiger partial charge in [-0.3, -0.25) is 4.79 Å². The summed E-state index contributed by atoms with van der Waals surface area (Å²) >= 11 is 0. The number of carbonyl (C=O) groups excluding carboxylic acids is 1. The highest BCUT2D eigenvalue weighted by Gasteiger charge is 2.17. The minimum absolute atomic E-state index is 0.0601. The average Bonchev–Trinajstić information content (AvgIpc) is 2.71. The Hall–Kier alpha value is -2.14. The topological polar surface area (TPSA) is 44.3 Å². The van der Waals surface area contributed by atoms with E-state index in [-0.39, 0.29) is 5.78 Å². The number of rotatable bonds is 3. The van der Waals surface area contributed by atoms with E-state index >= 15 is 0 Å². The van der Waals surface area contributed by atoms with Crippen LogP contribution in [0.5, 0.6) is 5.75 Å². The minimum Gasteiger partial charge on any atom is -0.337 e. The molecule has 110 valence electrons. The fourth-order valence-electron chi connectivity index (χ4n) is 2.45. The summed E-state index contributed by atoms with van der Waals surface area (Å²) in [5.74, 6) is 1.76. The first-order valence-corrected chi connectivity index (χ1v) is 7.12. The van der Waals surface area contributed by atoms with Gasteiger partial charge in [-0.15, -0.1) is 0 Å². The van der Waals surface area contributed by atoms with Crippen LogP contribution in [0.4, 0.5) is 0 Å². The lowest BCUT2D eigenvalue weighted by Crippen LogP contribution is -2.30. The van der Waals surface area contributed by atoms with E-state index in [4.69, 9.17) is 9.78 Å². The molecule has 21 heavy (non-hydrogen) atoms. The fraction of sp³-hybridized carbons (Fsp3) is 0.375.